The van der Waals surface area contributed by atoms with Crippen molar-refractivity contribution >= 4 is 5.91 Å². The van der Waals surface area contributed by atoms with E-state index in [2.05, 4.69) is 10.6 Å². The molecule has 4 nitrogen and oxygen atoms in total. The second-order valence-corrected chi connectivity index (χ2v) is 4.34. The first-order valence-electron chi connectivity index (χ1n) is 5.56. The second kappa shape index (κ2) is 6.80. The molecule has 90 valence electrons. The van der Waals surface area contributed by atoms with Crippen LogP contribution in [0, 0.1) is 5.92 Å². The Hall–Kier alpha value is -0.610. The van der Waals surface area contributed by atoms with E-state index < -0.39 is 0 Å². The maximum atomic E-state index is 11.7. The summed E-state index contributed by atoms with van der Waals surface area (Å²) in [5.74, 6) is 0.00159. The zero-order valence-corrected chi connectivity index (χ0v) is 10.3. The van der Waals surface area contributed by atoms with Crippen molar-refractivity contribution < 1.29 is 9.90 Å². The molecule has 0 aromatic rings. The molecule has 0 saturated heterocycles. The smallest absolute Gasteiger partial charge is 0.224 e. The Morgan fingerprint density at radius 2 is 2.13 bits per heavy atom. The van der Waals surface area contributed by atoms with Gasteiger partial charge in [0, 0.05) is 24.6 Å². The lowest BCUT2D eigenvalue weighted by Crippen LogP contribution is -2.49. The standard InChI is InChI=1S/C11H24N2O2/c1-5-11(3,6-7-14)13-10(15)9(2)8-12-4/h9,12,14H,5-8H2,1-4H3,(H,13,15). The molecule has 15 heavy (non-hydrogen) atoms. The third-order valence-corrected chi connectivity index (χ3v) is 2.83. The predicted octanol–water partition coefficient (Wildman–Crippen LogP) is 0.509. The molecule has 0 radical (unpaired) electrons. The molecular formula is C11H24N2O2. The third kappa shape index (κ3) is 5.14. The summed E-state index contributed by atoms with van der Waals surface area (Å²) in [6.45, 7) is 6.64. The highest BCUT2D eigenvalue weighted by Gasteiger charge is 2.25. The van der Waals surface area contributed by atoms with E-state index in [4.69, 9.17) is 5.11 Å². The van der Waals surface area contributed by atoms with Gasteiger partial charge in [0.25, 0.3) is 0 Å². The summed E-state index contributed by atoms with van der Waals surface area (Å²) in [5, 5.41) is 14.9. The van der Waals surface area contributed by atoms with E-state index >= 15 is 0 Å². The van der Waals surface area contributed by atoms with E-state index in [1.165, 1.54) is 0 Å². The lowest BCUT2D eigenvalue weighted by Gasteiger charge is -2.30. The number of hydrogen-bond acceptors (Lipinski definition) is 3. The summed E-state index contributed by atoms with van der Waals surface area (Å²) < 4.78 is 0. The average Bonchev–Trinajstić information content (AvgIpc) is 2.18. The van der Waals surface area contributed by atoms with E-state index in [1.54, 1.807) is 0 Å². The summed E-state index contributed by atoms with van der Waals surface area (Å²) in [5.41, 5.74) is -0.284. The van der Waals surface area contributed by atoms with Crippen LogP contribution in [0.3, 0.4) is 0 Å². The highest BCUT2D eigenvalue weighted by atomic mass is 16.3. The maximum absolute atomic E-state index is 11.7. The fraction of sp³-hybridized carbons (Fsp3) is 0.909. The number of aliphatic hydroxyl groups is 1. The van der Waals surface area contributed by atoms with Crippen LogP contribution in [-0.2, 0) is 4.79 Å². The Labute approximate surface area is 92.4 Å². The summed E-state index contributed by atoms with van der Waals surface area (Å²) in [7, 11) is 1.83. The van der Waals surface area contributed by atoms with Crippen molar-refractivity contribution in [2.24, 2.45) is 5.92 Å². The van der Waals surface area contributed by atoms with E-state index in [0.717, 1.165) is 6.42 Å². The Kier molecular flexibility index (Phi) is 6.52. The van der Waals surface area contributed by atoms with E-state index in [9.17, 15) is 4.79 Å². The van der Waals surface area contributed by atoms with Crippen molar-refractivity contribution in [3.8, 4) is 0 Å². The number of rotatable bonds is 7. The molecule has 2 atom stereocenters. The lowest BCUT2D eigenvalue weighted by molar-refractivity contribution is -0.126. The van der Waals surface area contributed by atoms with Crippen molar-refractivity contribution in [1.82, 2.24) is 10.6 Å². The first kappa shape index (κ1) is 14.4. The number of aliphatic hydroxyl groups excluding tert-OH is 1. The number of carbonyl (C=O) groups excluding carboxylic acids is 1. The van der Waals surface area contributed by atoms with E-state index in [0.29, 0.717) is 13.0 Å². The van der Waals surface area contributed by atoms with Gasteiger partial charge in [-0.25, -0.2) is 0 Å². The lowest BCUT2D eigenvalue weighted by atomic mass is 9.94. The Morgan fingerprint density at radius 1 is 1.53 bits per heavy atom. The van der Waals surface area contributed by atoms with Crippen LogP contribution >= 0.6 is 0 Å². The van der Waals surface area contributed by atoms with Crippen molar-refractivity contribution in [2.45, 2.75) is 39.2 Å². The third-order valence-electron chi connectivity index (χ3n) is 2.83. The number of hydrogen-bond donors (Lipinski definition) is 3. The van der Waals surface area contributed by atoms with Gasteiger partial charge in [0.1, 0.15) is 0 Å². The van der Waals surface area contributed by atoms with Crippen molar-refractivity contribution in [1.29, 1.82) is 0 Å². The summed E-state index contributed by atoms with van der Waals surface area (Å²) in [6, 6.07) is 0. The maximum Gasteiger partial charge on any atom is 0.224 e. The predicted molar refractivity (Wildman–Crippen MR) is 61.6 cm³/mol. The topological polar surface area (TPSA) is 61.4 Å². The number of carbonyl (C=O) groups is 1. The number of amides is 1. The highest BCUT2D eigenvalue weighted by molar-refractivity contribution is 5.79. The zero-order chi connectivity index (χ0) is 11.9. The summed E-state index contributed by atoms with van der Waals surface area (Å²) in [4.78, 5) is 11.7. The van der Waals surface area contributed by atoms with Gasteiger partial charge in [-0.3, -0.25) is 4.79 Å². The van der Waals surface area contributed by atoms with Gasteiger partial charge in [0.2, 0.25) is 5.91 Å². The van der Waals surface area contributed by atoms with Gasteiger partial charge in [0.15, 0.2) is 0 Å². The van der Waals surface area contributed by atoms with Crippen LogP contribution in [0.2, 0.25) is 0 Å². The normalized spacial score (nSPS) is 16.9. The first-order chi connectivity index (χ1) is 6.99. The first-order valence-corrected chi connectivity index (χ1v) is 5.56. The molecule has 1 amide bonds. The van der Waals surface area contributed by atoms with Crippen LogP contribution in [-0.4, -0.2) is 36.8 Å². The molecular weight excluding hydrogens is 192 g/mol. The molecule has 0 heterocycles. The van der Waals surface area contributed by atoms with Gasteiger partial charge in [-0.1, -0.05) is 13.8 Å². The Morgan fingerprint density at radius 3 is 2.53 bits per heavy atom. The number of nitrogens with one attached hydrogen (secondary N) is 2. The van der Waals surface area contributed by atoms with Gasteiger partial charge < -0.3 is 15.7 Å². The van der Waals surface area contributed by atoms with Gasteiger partial charge in [-0.05, 0) is 26.8 Å². The molecule has 0 aliphatic carbocycles. The quantitative estimate of drug-likeness (QED) is 0.581. The Bertz CT molecular complexity index is 197. The molecule has 0 saturated carbocycles. The molecule has 0 rings (SSSR count). The molecule has 4 heteroatoms. The minimum absolute atomic E-state index is 0.0421. The van der Waals surface area contributed by atoms with Crippen molar-refractivity contribution in [3.63, 3.8) is 0 Å². The molecule has 3 N–H and O–H groups in total. The van der Waals surface area contributed by atoms with Crippen LogP contribution in [0.5, 0.6) is 0 Å². The summed E-state index contributed by atoms with van der Waals surface area (Å²) >= 11 is 0. The van der Waals surface area contributed by atoms with Crippen LogP contribution < -0.4 is 10.6 Å². The molecule has 0 aliphatic heterocycles. The van der Waals surface area contributed by atoms with Gasteiger partial charge in [-0.2, -0.15) is 0 Å². The van der Waals surface area contributed by atoms with Crippen LogP contribution in [0.25, 0.3) is 0 Å². The van der Waals surface area contributed by atoms with Crippen LogP contribution in [0.4, 0.5) is 0 Å². The minimum Gasteiger partial charge on any atom is -0.396 e. The van der Waals surface area contributed by atoms with Crippen molar-refractivity contribution in [2.75, 3.05) is 20.2 Å². The van der Waals surface area contributed by atoms with Crippen LogP contribution in [0.15, 0.2) is 0 Å². The highest BCUT2D eigenvalue weighted by Crippen LogP contribution is 2.14. The fourth-order valence-electron chi connectivity index (χ4n) is 1.39. The molecule has 0 aromatic carbocycles. The molecule has 0 spiro atoms. The molecule has 0 aromatic heterocycles. The largest absolute Gasteiger partial charge is 0.396 e. The SMILES string of the molecule is CCC(C)(CCO)NC(=O)C(C)CNC. The zero-order valence-electron chi connectivity index (χ0n) is 10.3. The molecule has 0 fully saturated rings. The summed E-state index contributed by atoms with van der Waals surface area (Å²) in [6.07, 6.45) is 1.42. The molecule has 0 bridgehead atoms. The van der Waals surface area contributed by atoms with Gasteiger partial charge >= 0.3 is 0 Å². The van der Waals surface area contributed by atoms with Crippen molar-refractivity contribution in [3.05, 3.63) is 0 Å². The van der Waals surface area contributed by atoms with Crippen LogP contribution in [0.1, 0.15) is 33.6 Å². The Balaban J connectivity index is 4.22. The van der Waals surface area contributed by atoms with Gasteiger partial charge in [0.05, 0.1) is 0 Å². The minimum atomic E-state index is -0.284. The second-order valence-electron chi connectivity index (χ2n) is 4.34. The van der Waals surface area contributed by atoms with E-state index in [1.807, 2.05) is 27.8 Å². The fourth-order valence-corrected chi connectivity index (χ4v) is 1.39. The average molecular weight is 216 g/mol. The van der Waals surface area contributed by atoms with E-state index in [-0.39, 0.29) is 24.0 Å². The van der Waals surface area contributed by atoms with Gasteiger partial charge in [-0.15, -0.1) is 0 Å². The monoisotopic (exact) mass is 216 g/mol. The molecule has 2 unspecified atom stereocenters. The molecule has 0 aliphatic rings.